The van der Waals surface area contributed by atoms with Gasteiger partial charge in [-0.3, -0.25) is 4.98 Å². The van der Waals surface area contributed by atoms with E-state index in [-0.39, 0.29) is 10.8 Å². The largest absolute Gasteiger partial charge is 0.256 e. The predicted octanol–water partition coefficient (Wildman–Crippen LogP) is 3.37. The zero-order valence-electron chi connectivity index (χ0n) is 14.9. The molecule has 0 aromatic carbocycles. The van der Waals surface area contributed by atoms with E-state index in [0.717, 1.165) is 22.6 Å². The lowest BCUT2D eigenvalue weighted by Crippen LogP contribution is -2.41. The van der Waals surface area contributed by atoms with Gasteiger partial charge in [-0.2, -0.15) is 0 Å². The van der Waals surface area contributed by atoms with Crippen LogP contribution in [0.15, 0.2) is 30.7 Å². The van der Waals surface area contributed by atoms with Crippen molar-refractivity contribution in [1.82, 2.24) is 15.0 Å². The van der Waals surface area contributed by atoms with E-state index in [1.165, 1.54) is 0 Å². The van der Waals surface area contributed by atoms with Crippen molar-refractivity contribution in [3.8, 4) is 11.3 Å². The Morgan fingerprint density at radius 1 is 0.783 bits per heavy atom. The van der Waals surface area contributed by atoms with Gasteiger partial charge in [-0.1, -0.05) is 52.8 Å². The van der Waals surface area contributed by atoms with Gasteiger partial charge in [0.05, 0.1) is 21.4 Å². The van der Waals surface area contributed by atoms with Crippen LogP contribution >= 0.6 is 0 Å². The van der Waals surface area contributed by atoms with Crippen LogP contribution in [0.4, 0.5) is 0 Å². The van der Waals surface area contributed by atoms with Crippen LogP contribution in [-0.2, 0) is 10.6 Å². The number of aromatic nitrogens is 3. The Kier molecular flexibility index (Phi) is 4.44. The fraction of sp³-hybridized carbons (Fsp3) is 0.500. The second-order valence-corrected chi connectivity index (χ2v) is 8.10. The highest BCUT2D eigenvalue weighted by atomic mass is 14.9. The van der Waals surface area contributed by atoms with Crippen molar-refractivity contribution in [2.45, 2.75) is 52.2 Å². The average molecular weight is 303 g/mol. The van der Waals surface area contributed by atoms with E-state index in [1.54, 1.807) is 18.6 Å². The van der Waals surface area contributed by atoms with Crippen LogP contribution in [0.3, 0.4) is 0 Å². The van der Waals surface area contributed by atoms with Crippen molar-refractivity contribution in [1.29, 1.82) is 0 Å². The molecule has 0 saturated carbocycles. The predicted molar refractivity (Wildman–Crippen MR) is 96.6 cm³/mol. The van der Waals surface area contributed by atoms with E-state index in [4.69, 9.17) is 15.7 Å². The normalized spacial score (nSPS) is 13.1. The fourth-order valence-electron chi connectivity index (χ4n) is 2.09. The van der Waals surface area contributed by atoms with Crippen molar-refractivity contribution in [2.24, 2.45) is 5.41 Å². The minimum atomic E-state index is -0.939. The number of hydrogen-bond donors (Lipinski definition) is 0. The Morgan fingerprint density at radius 3 is 1.74 bits per heavy atom. The third-order valence-corrected chi connectivity index (χ3v) is 4.10. The minimum absolute atomic E-state index is 0.0682. The van der Waals surface area contributed by atoms with Crippen molar-refractivity contribution in [2.75, 3.05) is 0 Å². The first-order chi connectivity index (χ1) is 10.4. The molecule has 0 aliphatic rings. The van der Waals surface area contributed by atoms with Crippen molar-refractivity contribution in [3.63, 3.8) is 0 Å². The molecule has 116 valence electrons. The summed E-state index contributed by atoms with van der Waals surface area (Å²) in [5.41, 5.74) is 2.15. The molecule has 0 bridgehead atoms. The first-order valence-electron chi connectivity index (χ1n) is 7.80. The molecule has 2 aromatic rings. The summed E-state index contributed by atoms with van der Waals surface area (Å²) < 4.78 is 0. The highest BCUT2D eigenvalue weighted by Crippen LogP contribution is 2.36. The lowest BCUT2D eigenvalue weighted by molar-refractivity contribution is 0.358. The van der Waals surface area contributed by atoms with Gasteiger partial charge in [0.15, 0.2) is 0 Å². The third-order valence-electron chi connectivity index (χ3n) is 4.10. The Hall–Kier alpha value is -1.64. The van der Waals surface area contributed by atoms with Crippen molar-refractivity contribution >= 4 is 15.7 Å². The van der Waals surface area contributed by atoms with E-state index in [2.05, 4.69) is 35.7 Å². The van der Waals surface area contributed by atoms with Gasteiger partial charge in [0.25, 0.3) is 0 Å². The van der Waals surface area contributed by atoms with Crippen LogP contribution < -0.4 is 0 Å². The summed E-state index contributed by atoms with van der Waals surface area (Å²) in [5, 5.41) is -0.939. The Bertz CT molecular complexity index is 663. The van der Waals surface area contributed by atoms with Gasteiger partial charge in [-0.15, -0.1) is 0 Å². The quantitative estimate of drug-likeness (QED) is 0.798. The van der Waals surface area contributed by atoms with Gasteiger partial charge in [-0.25, -0.2) is 9.97 Å². The molecule has 0 unspecified atom stereocenters. The Morgan fingerprint density at radius 2 is 1.35 bits per heavy atom. The van der Waals surface area contributed by atoms with Crippen LogP contribution in [0, 0.1) is 5.41 Å². The van der Waals surface area contributed by atoms with Crippen LogP contribution in [0.2, 0.25) is 0 Å². The summed E-state index contributed by atoms with van der Waals surface area (Å²) in [6.45, 7) is 12.3. The molecule has 23 heavy (non-hydrogen) atoms. The standard InChI is InChI=1S/C18H23B2N3/c1-16(2,3)15-22-9-12(10-23-15)14-8-7-13(11-21-14)18(19,20)17(4,5)6/h7-11H,1-6H3. The molecule has 2 aromatic heterocycles. The van der Waals surface area contributed by atoms with E-state index in [9.17, 15) is 0 Å². The molecule has 0 spiro atoms. The molecule has 2 rings (SSSR count). The van der Waals surface area contributed by atoms with Gasteiger partial charge in [0, 0.05) is 29.6 Å². The summed E-state index contributed by atoms with van der Waals surface area (Å²) in [4.78, 5) is 13.4. The molecular weight excluding hydrogens is 280 g/mol. The summed E-state index contributed by atoms with van der Waals surface area (Å²) in [5.74, 6) is 0.813. The van der Waals surface area contributed by atoms with Crippen LogP contribution in [-0.4, -0.2) is 30.6 Å². The molecule has 0 aliphatic carbocycles. The maximum atomic E-state index is 6.28. The minimum Gasteiger partial charge on any atom is -0.256 e. The smallest absolute Gasteiger partial charge is 0.133 e. The molecule has 3 nitrogen and oxygen atoms in total. The maximum Gasteiger partial charge on any atom is 0.133 e. The summed E-state index contributed by atoms with van der Waals surface area (Å²) in [6, 6.07) is 3.83. The monoisotopic (exact) mass is 303 g/mol. The number of nitrogens with zero attached hydrogens (tertiary/aromatic N) is 3. The number of rotatable bonds is 2. The second kappa shape index (κ2) is 5.77. The van der Waals surface area contributed by atoms with Gasteiger partial charge in [0.1, 0.15) is 5.82 Å². The van der Waals surface area contributed by atoms with E-state index in [1.807, 2.05) is 32.9 Å². The van der Waals surface area contributed by atoms with E-state index >= 15 is 0 Å². The number of pyridine rings is 1. The molecule has 0 fully saturated rings. The lowest BCUT2D eigenvalue weighted by atomic mass is 9.41. The average Bonchev–Trinajstić information content (AvgIpc) is 2.45. The number of hydrogen-bond acceptors (Lipinski definition) is 3. The Labute approximate surface area is 142 Å². The molecule has 0 aliphatic heterocycles. The highest BCUT2D eigenvalue weighted by Gasteiger charge is 2.33. The molecular formula is C18H23B2N3. The summed E-state index contributed by atoms with van der Waals surface area (Å²) in [6.07, 6.45) is 5.34. The van der Waals surface area contributed by atoms with Gasteiger partial charge in [0.2, 0.25) is 0 Å². The summed E-state index contributed by atoms with van der Waals surface area (Å²) >= 11 is 0. The Balaban J connectivity index is 2.30. The van der Waals surface area contributed by atoms with Crippen molar-refractivity contribution < 1.29 is 0 Å². The zero-order valence-corrected chi connectivity index (χ0v) is 14.9. The topological polar surface area (TPSA) is 38.7 Å². The molecule has 4 radical (unpaired) electrons. The molecule has 0 atom stereocenters. The van der Waals surface area contributed by atoms with E-state index < -0.39 is 5.21 Å². The lowest BCUT2D eigenvalue weighted by Gasteiger charge is -2.40. The zero-order chi connectivity index (χ0) is 17.5. The van der Waals surface area contributed by atoms with Crippen LogP contribution in [0.5, 0.6) is 0 Å². The maximum absolute atomic E-state index is 6.28. The molecule has 0 amide bonds. The highest BCUT2D eigenvalue weighted by molar-refractivity contribution is 6.40. The third kappa shape index (κ3) is 3.65. The molecule has 0 saturated heterocycles. The van der Waals surface area contributed by atoms with Gasteiger partial charge >= 0.3 is 0 Å². The first-order valence-corrected chi connectivity index (χ1v) is 7.80. The van der Waals surface area contributed by atoms with Crippen LogP contribution in [0.25, 0.3) is 11.3 Å². The SMILES string of the molecule is [B]C([B])(c1ccc(-c2cnc(C(C)(C)C)nc2)nc1)C(C)(C)C. The molecule has 0 N–H and O–H groups in total. The van der Waals surface area contributed by atoms with Gasteiger partial charge in [-0.05, 0) is 17.0 Å². The first kappa shape index (κ1) is 17.7. The van der Waals surface area contributed by atoms with Crippen LogP contribution in [0.1, 0.15) is 52.9 Å². The van der Waals surface area contributed by atoms with Crippen molar-refractivity contribution in [3.05, 3.63) is 42.1 Å². The molecule has 5 heteroatoms. The fourth-order valence-corrected chi connectivity index (χ4v) is 2.09. The van der Waals surface area contributed by atoms with Gasteiger partial charge < -0.3 is 0 Å². The molecule has 2 heterocycles. The summed E-state index contributed by atoms with van der Waals surface area (Å²) in [7, 11) is 12.6. The second-order valence-electron chi connectivity index (χ2n) is 8.10. The van der Waals surface area contributed by atoms with E-state index in [0.29, 0.717) is 0 Å².